The molecule has 0 N–H and O–H groups in total. The Hall–Kier alpha value is -2.11. The van der Waals surface area contributed by atoms with Gasteiger partial charge in [0.25, 0.3) is 0 Å². The van der Waals surface area contributed by atoms with E-state index in [1.54, 1.807) is 0 Å². The second-order valence-electron chi connectivity index (χ2n) is 19.6. The van der Waals surface area contributed by atoms with Gasteiger partial charge in [-0.05, 0) is 70.6 Å². The molecular weight excluding hydrogens is 805 g/mol. The molecule has 6 heteroatoms. The molecule has 0 spiro atoms. The molecule has 65 heavy (non-hydrogen) atoms. The standard InChI is InChI=1S/C59H110O6/c1-4-7-10-13-16-19-22-25-28-29-32-34-37-40-43-46-49-52-58(61)64-55-56(65-59(62)53-50-47-44-41-38-35-31-27-24-21-18-15-12-9-6-3)54-63-57(60)51-48-45-42-39-36-33-30-26-23-20-17-14-11-8-5-2/h26-27,30-31,56H,4-25,28-29,32-55H2,1-3H3/t56-/m1/s1. The lowest BCUT2D eigenvalue weighted by molar-refractivity contribution is -0.167. The summed E-state index contributed by atoms with van der Waals surface area (Å²) in [7, 11) is 0. The van der Waals surface area contributed by atoms with Crippen LogP contribution in [0.3, 0.4) is 0 Å². The number of esters is 3. The Kier molecular flexibility index (Phi) is 52.7. The van der Waals surface area contributed by atoms with Crippen LogP contribution < -0.4 is 0 Å². The highest BCUT2D eigenvalue weighted by Gasteiger charge is 2.19. The van der Waals surface area contributed by atoms with Crippen LogP contribution in [0.5, 0.6) is 0 Å². The molecule has 0 aliphatic heterocycles. The molecule has 0 aromatic rings. The maximum atomic E-state index is 12.8. The van der Waals surface area contributed by atoms with E-state index in [2.05, 4.69) is 45.1 Å². The zero-order valence-corrected chi connectivity index (χ0v) is 43.8. The molecule has 1 atom stereocenters. The maximum Gasteiger partial charge on any atom is 0.306 e. The fourth-order valence-electron chi connectivity index (χ4n) is 8.55. The summed E-state index contributed by atoms with van der Waals surface area (Å²) in [6.07, 6.45) is 63.1. The number of unbranched alkanes of at least 4 members (excludes halogenated alkanes) is 38. The summed E-state index contributed by atoms with van der Waals surface area (Å²) in [6.45, 7) is 6.66. The van der Waals surface area contributed by atoms with Crippen molar-refractivity contribution in [3.63, 3.8) is 0 Å². The van der Waals surface area contributed by atoms with Crippen molar-refractivity contribution in [1.29, 1.82) is 0 Å². The Balaban J connectivity index is 4.35. The fourth-order valence-corrected chi connectivity index (χ4v) is 8.55. The Bertz CT molecular complexity index is 1050. The molecule has 0 bridgehead atoms. The molecule has 0 heterocycles. The smallest absolute Gasteiger partial charge is 0.306 e. The van der Waals surface area contributed by atoms with Crippen LogP contribution >= 0.6 is 0 Å². The maximum absolute atomic E-state index is 12.8. The van der Waals surface area contributed by atoms with Gasteiger partial charge in [0, 0.05) is 19.3 Å². The van der Waals surface area contributed by atoms with Gasteiger partial charge in [0.2, 0.25) is 0 Å². The van der Waals surface area contributed by atoms with E-state index in [1.165, 1.54) is 205 Å². The molecule has 0 fully saturated rings. The zero-order chi connectivity index (χ0) is 47.2. The Morgan fingerprint density at radius 1 is 0.292 bits per heavy atom. The van der Waals surface area contributed by atoms with Gasteiger partial charge in [-0.2, -0.15) is 0 Å². The van der Waals surface area contributed by atoms with E-state index >= 15 is 0 Å². The number of hydrogen-bond donors (Lipinski definition) is 0. The van der Waals surface area contributed by atoms with Crippen LogP contribution in [-0.4, -0.2) is 37.2 Å². The number of allylic oxidation sites excluding steroid dienone is 4. The van der Waals surface area contributed by atoms with E-state index in [0.717, 1.165) is 70.6 Å². The Morgan fingerprint density at radius 3 is 0.769 bits per heavy atom. The first kappa shape index (κ1) is 62.9. The van der Waals surface area contributed by atoms with Crippen LogP contribution in [-0.2, 0) is 28.6 Å². The molecule has 382 valence electrons. The van der Waals surface area contributed by atoms with Crippen molar-refractivity contribution in [3.05, 3.63) is 24.3 Å². The summed E-state index contributed by atoms with van der Waals surface area (Å²) in [4.78, 5) is 38.1. The first-order chi connectivity index (χ1) is 32.0. The van der Waals surface area contributed by atoms with Crippen molar-refractivity contribution >= 4 is 17.9 Å². The van der Waals surface area contributed by atoms with Crippen LogP contribution in [0.15, 0.2) is 24.3 Å². The number of ether oxygens (including phenoxy) is 3. The minimum absolute atomic E-state index is 0.0728. The van der Waals surface area contributed by atoms with Crippen molar-refractivity contribution in [3.8, 4) is 0 Å². The normalized spacial score (nSPS) is 12.1. The molecule has 0 rings (SSSR count). The molecule has 6 nitrogen and oxygen atoms in total. The third kappa shape index (κ3) is 52.7. The molecule has 0 unspecified atom stereocenters. The molecule has 0 saturated heterocycles. The van der Waals surface area contributed by atoms with Gasteiger partial charge in [0.15, 0.2) is 6.10 Å². The van der Waals surface area contributed by atoms with Gasteiger partial charge in [0.05, 0.1) is 0 Å². The lowest BCUT2D eigenvalue weighted by atomic mass is 10.0. The van der Waals surface area contributed by atoms with E-state index < -0.39 is 6.10 Å². The van der Waals surface area contributed by atoms with Crippen molar-refractivity contribution in [2.75, 3.05) is 13.2 Å². The molecule has 0 aliphatic rings. The summed E-state index contributed by atoms with van der Waals surface area (Å²) < 4.78 is 16.9. The van der Waals surface area contributed by atoms with E-state index in [-0.39, 0.29) is 31.1 Å². The first-order valence-electron chi connectivity index (χ1n) is 28.8. The van der Waals surface area contributed by atoms with Crippen LogP contribution in [0.4, 0.5) is 0 Å². The SMILES string of the molecule is CCCCCCCCC=CCCCCCCCC(=O)OC[C@H](COC(=O)CCCCCCCCCCCCCCCCCCC)OC(=O)CCCCCCCC=CCCCCCCCC. The second-order valence-corrected chi connectivity index (χ2v) is 19.6. The van der Waals surface area contributed by atoms with E-state index in [4.69, 9.17) is 14.2 Å². The molecule has 0 aliphatic carbocycles. The predicted molar refractivity (Wildman–Crippen MR) is 279 cm³/mol. The van der Waals surface area contributed by atoms with Crippen molar-refractivity contribution < 1.29 is 28.6 Å². The molecule has 0 radical (unpaired) electrons. The zero-order valence-electron chi connectivity index (χ0n) is 43.8. The van der Waals surface area contributed by atoms with Crippen molar-refractivity contribution in [2.24, 2.45) is 0 Å². The summed E-state index contributed by atoms with van der Waals surface area (Å²) in [5, 5.41) is 0. The second kappa shape index (κ2) is 54.5. The number of carbonyl (C=O) groups excluding carboxylic acids is 3. The summed E-state index contributed by atoms with van der Waals surface area (Å²) in [6, 6.07) is 0. The lowest BCUT2D eigenvalue weighted by Gasteiger charge is -2.18. The van der Waals surface area contributed by atoms with Crippen LogP contribution in [0.1, 0.15) is 316 Å². The average molecular weight is 916 g/mol. The molecule has 0 aromatic carbocycles. The van der Waals surface area contributed by atoms with Gasteiger partial charge < -0.3 is 14.2 Å². The monoisotopic (exact) mass is 915 g/mol. The topological polar surface area (TPSA) is 78.9 Å². The number of rotatable bonds is 53. The van der Waals surface area contributed by atoms with Crippen molar-refractivity contribution in [2.45, 2.75) is 322 Å². The first-order valence-corrected chi connectivity index (χ1v) is 28.8. The van der Waals surface area contributed by atoms with Crippen LogP contribution in [0.25, 0.3) is 0 Å². The minimum Gasteiger partial charge on any atom is -0.462 e. The van der Waals surface area contributed by atoms with Gasteiger partial charge in [0.1, 0.15) is 13.2 Å². The van der Waals surface area contributed by atoms with Gasteiger partial charge in [-0.15, -0.1) is 0 Å². The molecular formula is C59H110O6. The van der Waals surface area contributed by atoms with E-state index in [0.29, 0.717) is 19.3 Å². The van der Waals surface area contributed by atoms with Crippen LogP contribution in [0, 0.1) is 0 Å². The molecule has 0 amide bonds. The highest BCUT2D eigenvalue weighted by Crippen LogP contribution is 2.16. The van der Waals surface area contributed by atoms with Crippen LogP contribution in [0.2, 0.25) is 0 Å². The average Bonchev–Trinajstić information content (AvgIpc) is 3.30. The van der Waals surface area contributed by atoms with Gasteiger partial charge in [-0.1, -0.05) is 251 Å². The van der Waals surface area contributed by atoms with Gasteiger partial charge in [-0.3, -0.25) is 14.4 Å². The molecule has 0 aromatic heterocycles. The van der Waals surface area contributed by atoms with E-state index in [9.17, 15) is 14.4 Å². The summed E-state index contributed by atoms with van der Waals surface area (Å²) in [5.41, 5.74) is 0. The molecule has 0 saturated carbocycles. The number of carbonyl (C=O) groups is 3. The fraction of sp³-hybridized carbons (Fsp3) is 0.881. The van der Waals surface area contributed by atoms with E-state index in [1.807, 2.05) is 0 Å². The highest BCUT2D eigenvalue weighted by atomic mass is 16.6. The van der Waals surface area contributed by atoms with Gasteiger partial charge in [-0.25, -0.2) is 0 Å². The third-order valence-corrected chi connectivity index (χ3v) is 12.9. The predicted octanol–water partition coefficient (Wildman–Crippen LogP) is 19.1. The third-order valence-electron chi connectivity index (χ3n) is 12.9. The Labute approximate surface area is 404 Å². The largest absolute Gasteiger partial charge is 0.462 e. The summed E-state index contributed by atoms with van der Waals surface area (Å²) >= 11 is 0. The lowest BCUT2D eigenvalue weighted by Crippen LogP contribution is -2.30. The minimum atomic E-state index is -0.775. The van der Waals surface area contributed by atoms with Crippen molar-refractivity contribution in [1.82, 2.24) is 0 Å². The Morgan fingerprint density at radius 2 is 0.508 bits per heavy atom. The van der Waals surface area contributed by atoms with Gasteiger partial charge >= 0.3 is 17.9 Å². The number of hydrogen-bond acceptors (Lipinski definition) is 6. The quantitative estimate of drug-likeness (QED) is 0.0262. The highest BCUT2D eigenvalue weighted by molar-refractivity contribution is 5.71. The summed E-state index contributed by atoms with van der Waals surface area (Å²) in [5.74, 6) is -0.871.